The van der Waals surface area contributed by atoms with Gasteiger partial charge < -0.3 is 19.5 Å². The highest BCUT2D eigenvalue weighted by Crippen LogP contribution is 2.43. The van der Waals surface area contributed by atoms with Crippen LogP contribution in [0.15, 0.2) is 18.5 Å². The summed E-state index contributed by atoms with van der Waals surface area (Å²) in [6, 6.07) is 2.28. The van der Waals surface area contributed by atoms with Gasteiger partial charge in [-0.1, -0.05) is 48.0 Å². The van der Waals surface area contributed by atoms with Gasteiger partial charge in [0.2, 0.25) is 0 Å². The van der Waals surface area contributed by atoms with E-state index in [1.165, 1.54) is 12.8 Å². The number of nitrogens with zero attached hydrogens (tertiary/aromatic N) is 1. The highest BCUT2D eigenvalue weighted by atomic mass is 28.4. The topological polar surface area (TPSA) is 76.2 Å². The fourth-order valence-electron chi connectivity index (χ4n) is 6.07. The molecule has 0 aliphatic heterocycles. The summed E-state index contributed by atoms with van der Waals surface area (Å²) in [5.41, 5.74) is 3.92. The van der Waals surface area contributed by atoms with Crippen molar-refractivity contribution in [2.24, 2.45) is 5.92 Å². The van der Waals surface area contributed by atoms with Gasteiger partial charge in [0.05, 0.1) is 12.3 Å². The molecule has 0 aromatic carbocycles. The number of carbonyl (C=O) groups is 1. The molecule has 0 saturated heterocycles. The third kappa shape index (κ3) is 5.45. The van der Waals surface area contributed by atoms with Crippen molar-refractivity contribution in [3.63, 3.8) is 0 Å². The van der Waals surface area contributed by atoms with Crippen LogP contribution in [-0.4, -0.2) is 43.5 Å². The van der Waals surface area contributed by atoms with Gasteiger partial charge in [0.15, 0.2) is 8.32 Å². The maximum atomic E-state index is 12.6. The normalized spacial score (nSPS) is 19.6. The minimum Gasteiger partial charge on any atom is -0.462 e. The summed E-state index contributed by atoms with van der Waals surface area (Å²) in [5.74, 6) is 0.210. The van der Waals surface area contributed by atoms with Crippen molar-refractivity contribution >= 4 is 31.0 Å². The molecule has 0 unspecified atom stereocenters. The number of esters is 1. The van der Waals surface area contributed by atoms with E-state index in [1.54, 1.807) is 6.20 Å². The van der Waals surface area contributed by atoms with Crippen molar-refractivity contribution in [3.05, 3.63) is 24.0 Å². The first-order chi connectivity index (χ1) is 15.7. The number of fused-ring (bicyclic) bond motifs is 1. The molecule has 6 nitrogen and oxygen atoms in total. The number of carbonyl (C=O) groups excluding carboxylic acids is 1. The quantitative estimate of drug-likeness (QED) is 0.290. The van der Waals surface area contributed by atoms with Gasteiger partial charge in [-0.25, -0.2) is 9.78 Å². The monoisotopic (exact) mass is 473 g/mol. The Morgan fingerprint density at radius 3 is 2.52 bits per heavy atom. The largest absolute Gasteiger partial charge is 0.462 e. The predicted molar refractivity (Wildman–Crippen MR) is 138 cm³/mol. The maximum absolute atomic E-state index is 12.6. The molecule has 7 heteroatoms. The van der Waals surface area contributed by atoms with Crippen LogP contribution in [0.4, 0.5) is 5.69 Å². The van der Waals surface area contributed by atoms with E-state index in [2.05, 4.69) is 56.8 Å². The summed E-state index contributed by atoms with van der Waals surface area (Å²) >= 11 is 0. The third-order valence-corrected chi connectivity index (χ3v) is 13.6. The van der Waals surface area contributed by atoms with Crippen LogP contribution < -0.4 is 5.32 Å². The highest BCUT2D eigenvalue weighted by Gasteiger charge is 2.45. The second kappa shape index (κ2) is 11.0. The molecule has 3 rings (SSSR count). The summed E-state index contributed by atoms with van der Waals surface area (Å²) in [6.07, 6.45) is 8.00. The molecule has 2 aromatic rings. The Bertz CT molecular complexity index is 903. The van der Waals surface area contributed by atoms with Crippen LogP contribution in [0.2, 0.25) is 16.6 Å². The lowest BCUT2D eigenvalue weighted by atomic mass is 9.86. The Hall–Kier alpha value is -1.86. The fourth-order valence-corrected chi connectivity index (χ4v) is 11.6. The average Bonchev–Trinajstić information content (AvgIpc) is 3.23. The van der Waals surface area contributed by atoms with E-state index in [-0.39, 0.29) is 5.97 Å². The van der Waals surface area contributed by atoms with Crippen molar-refractivity contribution in [2.45, 2.75) is 96.8 Å². The SMILES string of the molecule is CCOC(=O)c1cnc2[nH]ccc2c1N[C@H]1CCC[C@@H](CO[Si](C(C)C)(C(C)C)C(C)C)C1. The van der Waals surface area contributed by atoms with Gasteiger partial charge in [-0.3, -0.25) is 0 Å². The predicted octanol–water partition coefficient (Wildman–Crippen LogP) is 6.90. The van der Waals surface area contributed by atoms with Crippen LogP contribution in [-0.2, 0) is 9.16 Å². The summed E-state index contributed by atoms with van der Waals surface area (Å²) in [4.78, 5) is 20.2. The van der Waals surface area contributed by atoms with E-state index < -0.39 is 8.32 Å². The molecule has 2 N–H and O–H groups in total. The summed E-state index contributed by atoms with van der Waals surface area (Å²) in [5, 5.41) is 4.64. The molecule has 1 aliphatic carbocycles. The molecule has 0 spiro atoms. The third-order valence-electron chi connectivity index (χ3n) is 7.49. The molecule has 0 bridgehead atoms. The molecular formula is C26H43N3O3Si. The number of aromatic amines is 1. The number of hydrogen-bond donors (Lipinski definition) is 2. The van der Waals surface area contributed by atoms with Gasteiger partial charge in [-0.2, -0.15) is 0 Å². The Labute approximate surface area is 200 Å². The Morgan fingerprint density at radius 1 is 1.18 bits per heavy atom. The minimum absolute atomic E-state index is 0.300. The average molecular weight is 474 g/mol. The molecule has 2 heterocycles. The molecule has 0 radical (unpaired) electrons. The van der Waals surface area contributed by atoms with Crippen molar-refractivity contribution in [1.82, 2.24) is 9.97 Å². The van der Waals surface area contributed by atoms with Crippen molar-refractivity contribution in [2.75, 3.05) is 18.5 Å². The number of H-pyrrole nitrogens is 1. The Kier molecular flexibility index (Phi) is 8.62. The van der Waals surface area contributed by atoms with Gasteiger partial charge >= 0.3 is 5.97 Å². The van der Waals surface area contributed by atoms with E-state index in [4.69, 9.17) is 9.16 Å². The Morgan fingerprint density at radius 2 is 1.88 bits per heavy atom. The van der Waals surface area contributed by atoms with Crippen LogP contribution in [0.5, 0.6) is 0 Å². The number of aromatic nitrogens is 2. The first-order valence-electron chi connectivity index (χ1n) is 12.7. The molecular weight excluding hydrogens is 430 g/mol. The first-order valence-corrected chi connectivity index (χ1v) is 14.9. The van der Waals surface area contributed by atoms with Crippen LogP contribution in [0.25, 0.3) is 11.0 Å². The molecule has 184 valence electrons. The van der Waals surface area contributed by atoms with Crippen molar-refractivity contribution in [3.8, 4) is 0 Å². The summed E-state index contributed by atoms with van der Waals surface area (Å²) in [7, 11) is -1.86. The number of rotatable bonds is 10. The maximum Gasteiger partial charge on any atom is 0.341 e. The number of hydrogen-bond acceptors (Lipinski definition) is 5. The molecule has 2 aromatic heterocycles. The zero-order valence-corrected chi connectivity index (χ0v) is 22.5. The molecule has 1 saturated carbocycles. The van der Waals surface area contributed by atoms with E-state index >= 15 is 0 Å². The number of pyridine rings is 1. The Balaban J connectivity index is 1.75. The molecule has 1 aliphatic rings. The highest BCUT2D eigenvalue weighted by molar-refractivity contribution is 6.77. The fraction of sp³-hybridized carbons (Fsp3) is 0.692. The van der Waals surface area contributed by atoms with Crippen molar-refractivity contribution in [1.29, 1.82) is 0 Å². The van der Waals surface area contributed by atoms with Crippen LogP contribution in [0.3, 0.4) is 0 Å². The van der Waals surface area contributed by atoms with E-state index in [0.29, 0.717) is 40.8 Å². The molecule has 2 atom stereocenters. The van der Waals surface area contributed by atoms with Gasteiger partial charge in [0.25, 0.3) is 0 Å². The molecule has 0 amide bonds. The van der Waals surface area contributed by atoms with E-state index in [1.807, 2.05) is 19.2 Å². The smallest absolute Gasteiger partial charge is 0.341 e. The second-order valence-electron chi connectivity index (χ2n) is 10.5. The van der Waals surface area contributed by atoms with Crippen molar-refractivity contribution < 1.29 is 14.0 Å². The van der Waals surface area contributed by atoms with Crippen LogP contribution in [0.1, 0.15) is 84.5 Å². The molecule has 33 heavy (non-hydrogen) atoms. The van der Waals surface area contributed by atoms with E-state index in [9.17, 15) is 4.79 Å². The van der Waals surface area contributed by atoms with Gasteiger partial charge in [0.1, 0.15) is 11.2 Å². The van der Waals surface area contributed by atoms with Crippen LogP contribution >= 0.6 is 0 Å². The van der Waals surface area contributed by atoms with Gasteiger partial charge in [0, 0.05) is 30.4 Å². The summed E-state index contributed by atoms with van der Waals surface area (Å²) in [6.45, 7) is 17.1. The summed E-state index contributed by atoms with van der Waals surface area (Å²) < 4.78 is 12.2. The van der Waals surface area contributed by atoms with Gasteiger partial charge in [-0.15, -0.1) is 0 Å². The zero-order chi connectivity index (χ0) is 24.2. The number of anilines is 1. The zero-order valence-electron chi connectivity index (χ0n) is 21.5. The second-order valence-corrected chi connectivity index (χ2v) is 16.0. The van der Waals surface area contributed by atoms with Crippen LogP contribution in [0, 0.1) is 5.92 Å². The van der Waals surface area contributed by atoms with E-state index in [0.717, 1.165) is 36.2 Å². The lowest BCUT2D eigenvalue weighted by Crippen LogP contribution is -2.49. The first kappa shape index (κ1) is 25.8. The van der Waals surface area contributed by atoms with Gasteiger partial charge in [-0.05, 0) is 54.8 Å². The minimum atomic E-state index is -1.86. The number of nitrogens with one attached hydrogen (secondary N) is 2. The lowest BCUT2D eigenvalue weighted by Gasteiger charge is -2.43. The lowest BCUT2D eigenvalue weighted by molar-refractivity contribution is 0.0527. The number of ether oxygens (including phenoxy) is 1. The standard InChI is InChI=1S/C26H43N3O3Si/c1-8-31-26(30)23-15-28-25-22(12-13-27-25)24(23)29-21-11-9-10-20(14-21)16-32-33(17(2)3,18(4)5)19(6)7/h12-13,15,17-21H,8-11,14,16H2,1-7H3,(H2,27,28,29)/t20-,21+/m1/s1. The molecule has 1 fully saturated rings.